The molecule has 1 heterocycles. The van der Waals surface area contributed by atoms with E-state index in [1.807, 2.05) is 61.5 Å². The first-order valence-corrected chi connectivity index (χ1v) is 9.86. The van der Waals surface area contributed by atoms with Crippen LogP contribution >= 0.6 is 11.3 Å². The SMILES string of the molecule is CC(c1nc2ccccc2s1)N(C)S(=O)(=O)C=Cc1ccccc1. The van der Waals surface area contributed by atoms with E-state index in [0.29, 0.717) is 0 Å². The lowest BCUT2D eigenvalue weighted by Gasteiger charge is -2.20. The number of fused-ring (bicyclic) bond motifs is 1. The summed E-state index contributed by atoms with van der Waals surface area (Å²) in [5.41, 5.74) is 1.75. The van der Waals surface area contributed by atoms with Gasteiger partial charge < -0.3 is 0 Å². The lowest BCUT2D eigenvalue weighted by Crippen LogP contribution is -2.27. The second kappa shape index (κ2) is 6.84. The van der Waals surface area contributed by atoms with Gasteiger partial charge in [-0.2, -0.15) is 4.31 Å². The largest absolute Gasteiger partial charge is 0.239 e. The molecule has 0 aliphatic carbocycles. The molecule has 0 aliphatic rings. The molecule has 0 spiro atoms. The van der Waals surface area contributed by atoms with Crippen molar-refractivity contribution < 1.29 is 8.42 Å². The molecule has 24 heavy (non-hydrogen) atoms. The highest BCUT2D eigenvalue weighted by Gasteiger charge is 2.24. The summed E-state index contributed by atoms with van der Waals surface area (Å²) in [7, 11) is -1.94. The maximum atomic E-state index is 12.5. The van der Waals surface area contributed by atoms with Crippen LogP contribution < -0.4 is 0 Å². The molecule has 1 atom stereocenters. The van der Waals surface area contributed by atoms with Crippen molar-refractivity contribution in [2.45, 2.75) is 13.0 Å². The van der Waals surface area contributed by atoms with Crippen molar-refractivity contribution in [2.75, 3.05) is 7.05 Å². The molecule has 6 heteroatoms. The molecule has 124 valence electrons. The van der Waals surface area contributed by atoms with E-state index in [-0.39, 0.29) is 6.04 Å². The Morgan fingerprint density at radius 2 is 1.75 bits per heavy atom. The Balaban J connectivity index is 1.83. The molecule has 0 aliphatic heterocycles. The number of para-hydroxylation sites is 1. The zero-order chi connectivity index (χ0) is 17.2. The summed E-state index contributed by atoms with van der Waals surface area (Å²) in [6, 6.07) is 16.9. The fraction of sp³-hybridized carbons (Fsp3) is 0.167. The van der Waals surface area contributed by atoms with Crippen molar-refractivity contribution in [3.63, 3.8) is 0 Å². The average molecular weight is 358 g/mol. The van der Waals surface area contributed by atoms with E-state index in [4.69, 9.17) is 0 Å². The normalized spacial score (nSPS) is 13.8. The van der Waals surface area contributed by atoms with E-state index in [2.05, 4.69) is 4.98 Å². The standard InChI is InChI=1S/C18H18N2O2S2/c1-14(18-19-16-10-6-7-11-17(16)23-18)20(2)24(21,22)13-12-15-8-4-3-5-9-15/h3-14H,1-2H3. The second-order valence-corrected chi connectivity index (χ2v) is 8.41. The van der Waals surface area contributed by atoms with Crippen LogP contribution in [0.15, 0.2) is 60.0 Å². The molecule has 1 aromatic heterocycles. The van der Waals surface area contributed by atoms with Gasteiger partial charge in [0.15, 0.2) is 0 Å². The Labute approximate surface area is 146 Å². The van der Waals surface area contributed by atoms with E-state index in [1.54, 1.807) is 13.1 Å². The maximum Gasteiger partial charge on any atom is 0.236 e. The van der Waals surface area contributed by atoms with E-state index in [1.165, 1.54) is 21.1 Å². The third kappa shape index (κ3) is 3.56. The Kier molecular flexibility index (Phi) is 4.80. The van der Waals surface area contributed by atoms with Gasteiger partial charge in [-0.15, -0.1) is 11.3 Å². The molecule has 0 N–H and O–H groups in total. The van der Waals surface area contributed by atoms with Gasteiger partial charge in [0.05, 0.1) is 16.3 Å². The van der Waals surface area contributed by atoms with Gasteiger partial charge in [0.25, 0.3) is 0 Å². The number of thiazole rings is 1. The minimum Gasteiger partial charge on any atom is -0.239 e. The molecular weight excluding hydrogens is 340 g/mol. The summed E-state index contributed by atoms with van der Waals surface area (Å²) in [5.74, 6) is 0. The van der Waals surface area contributed by atoms with Gasteiger partial charge in [-0.05, 0) is 30.7 Å². The van der Waals surface area contributed by atoms with Gasteiger partial charge in [0.1, 0.15) is 5.01 Å². The summed E-state index contributed by atoms with van der Waals surface area (Å²) in [6.45, 7) is 1.85. The van der Waals surface area contributed by atoms with E-state index >= 15 is 0 Å². The number of aromatic nitrogens is 1. The average Bonchev–Trinajstić information content (AvgIpc) is 3.04. The van der Waals surface area contributed by atoms with Gasteiger partial charge in [-0.1, -0.05) is 42.5 Å². The highest BCUT2D eigenvalue weighted by molar-refractivity contribution is 7.92. The molecule has 0 fully saturated rings. The summed E-state index contributed by atoms with van der Waals surface area (Å²) in [4.78, 5) is 4.55. The van der Waals surface area contributed by atoms with Crippen LogP contribution in [0.5, 0.6) is 0 Å². The quantitative estimate of drug-likeness (QED) is 0.684. The molecule has 3 aromatic rings. The first-order chi connectivity index (χ1) is 11.5. The fourth-order valence-electron chi connectivity index (χ4n) is 2.27. The minimum absolute atomic E-state index is 0.326. The van der Waals surface area contributed by atoms with Crippen LogP contribution in [0, 0.1) is 0 Å². The summed E-state index contributed by atoms with van der Waals surface area (Å²) in [5, 5.41) is 2.03. The molecule has 0 bridgehead atoms. The number of hydrogen-bond acceptors (Lipinski definition) is 4. The first kappa shape index (κ1) is 16.8. The monoisotopic (exact) mass is 358 g/mol. The zero-order valence-corrected chi connectivity index (χ0v) is 15.1. The molecule has 0 saturated heterocycles. The highest BCUT2D eigenvalue weighted by atomic mass is 32.2. The predicted molar refractivity (Wildman–Crippen MR) is 100 cm³/mol. The van der Waals surface area contributed by atoms with Crippen LogP contribution in [0.4, 0.5) is 0 Å². The molecule has 1 unspecified atom stereocenters. The Morgan fingerprint density at radius 1 is 1.08 bits per heavy atom. The third-order valence-electron chi connectivity index (χ3n) is 3.85. The van der Waals surface area contributed by atoms with Crippen molar-refractivity contribution >= 4 is 37.7 Å². The van der Waals surface area contributed by atoms with E-state index < -0.39 is 10.0 Å². The van der Waals surface area contributed by atoms with Crippen LogP contribution in [-0.4, -0.2) is 24.8 Å². The number of hydrogen-bond donors (Lipinski definition) is 0. The predicted octanol–water partition coefficient (Wildman–Crippen LogP) is 4.29. The topological polar surface area (TPSA) is 50.3 Å². The third-order valence-corrected chi connectivity index (χ3v) is 6.65. The van der Waals surface area contributed by atoms with Crippen molar-refractivity contribution in [3.05, 3.63) is 70.6 Å². The zero-order valence-electron chi connectivity index (χ0n) is 13.5. The molecule has 0 saturated carbocycles. The van der Waals surface area contributed by atoms with E-state index in [9.17, 15) is 8.42 Å². The number of sulfonamides is 1. The van der Waals surface area contributed by atoms with Crippen LogP contribution in [0.1, 0.15) is 23.5 Å². The second-order valence-electron chi connectivity index (χ2n) is 5.47. The van der Waals surface area contributed by atoms with Crippen molar-refractivity contribution in [3.8, 4) is 0 Å². The van der Waals surface area contributed by atoms with E-state index in [0.717, 1.165) is 20.8 Å². The lowest BCUT2D eigenvalue weighted by molar-refractivity contribution is 0.403. The maximum absolute atomic E-state index is 12.5. The van der Waals surface area contributed by atoms with Crippen molar-refractivity contribution in [1.29, 1.82) is 0 Å². The van der Waals surface area contributed by atoms with Crippen molar-refractivity contribution in [1.82, 2.24) is 9.29 Å². The first-order valence-electron chi connectivity index (χ1n) is 7.54. The van der Waals surface area contributed by atoms with Crippen LogP contribution in [0.2, 0.25) is 0 Å². The molecule has 4 nitrogen and oxygen atoms in total. The van der Waals surface area contributed by atoms with Gasteiger partial charge in [-0.25, -0.2) is 13.4 Å². The minimum atomic E-state index is -3.52. The Hall–Kier alpha value is -2.02. The Morgan fingerprint density at radius 3 is 2.46 bits per heavy atom. The van der Waals surface area contributed by atoms with Gasteiger partial charge >= 0.3 is 0 Å². The summed E-state index contributed by atoms with van der Waals surface area (Å²) >= 11 is 1.52. The van der Waals surface area contributed by atoms with Gasteiger partial charge in [0.2, 0.25) is 10.0 Å². The molecular formula is C18H18N2O2S2. The lowest BCUT2D eigenvalue weighted by atomic mass is 10.2. The fourth-order valence-corrected chi connectivity index (χ4v) is 4.46. The molecule has 2 aromatic carbocycles. The van der Waals surface area contributed by atoms with Crippen LogP contribution in [0.3, 0.4) is 0 Å². The Bertz CT molecular complexity index is 930. The highest BCUT2D eigenvalue weighted by Crippen LogP contribution is 2.30. The number of benzene rings is 2. The van der Waals surface area contributed by atoms with Gasteiger partial charge in [0, 0.05) is 12.5 Å². The van der Waals surface area contributed by atoms with Crippen LogP contribution in [-0.2, 0) is 10.0 Å². The van der Waals surface area contributed by atoms with Crippen molar-refractivity contribution in [2.24, 2.45) is 0 Å². The molecule has 0 radical (unpaired) electrons. The number of nitrogens with zero attached hydrogens (tertiary/aromatic N) is 2. The molecule has 3 rings (SSSR count). The molecule has 0 amide bonds. The van der Waals surface area contributed by atoms with Gasteiger partial charge in [-0.3, -0.25) is 0 Å². The summed E-state index contributed by atoms with van der Waals surface area (Å²) in [6.07, 6.45) is 1.61. The smallest absolute Gasteiger partial charge is 0.236 e. The van der Waals surface area contributed by atoms with Crippen LogP contribution in [0.25, 0.3) is 16.3 Å². The number of rotatable bonds is 5. The summed E-state index contributed by atoms with van der Waals surface area (Å²) < 4.78 is 27.5.